The SMILES string of the molecule is CC1COc2ccccc2C1NCCC1CCCCC1. The van der Waals surface area contributed by atoms with Gasteiger partial charge in [-0.3, -0.25) is 0 Å². The van der Waals surface area contributed by atoms with E-state index < -0.39 is 0 Å². The maximum atomic E-state index is 5.82. The van der Waals surface area contributed by atoms with Crippen molar-refractivity contribution in [2.45, 2.75) is 51.5 Å². The Labute approximate surface area is 122 Å². The minimum atomic E-state index is 0.462. The predicted molar refractivity (Wildman–Crippen MR) is 83.0 cm³/mol. The molecule has 1 aliphatic carbocycles. The molecule has 1 fully saturated rings. The number of ether oxygens (including phenoxy) is 1. The lowest BCUT2D eigenvalue weighted by Crippen LogP contribution is -2.35. The van der Waals surface area contributed by atoms with Crippen LogP contribution in [-0.4, -0.2) is 13.2 Å². The number of fused-ring (bicyclic) bond motifs is 1. The van der Waals surface area contributed by atoms with Crippen LogP contribution in [0.4, 0.5) is 0 Å². The topological polar surface area (TPSA) is 21.3 Å². The number of benzene rings is 1. The van der Waals surface area contributed by atoms with Crippen molar-refractivity contribution in [3.8, 4) is 5.75 Å². The van der Waals surface area contributed by atoms with Crippen LogP contribution in [0.1, 0.15) is 57.1 Å². The van der Waals surface area contributed by atoms with Crippen molar-refractivity contribution in [2.75, 3.05) is 13.2 Å². The van der Waals surface area contributed by atoms with Gasteiger partial charge in [-0.15, -0.1) is 0 Å². The second kappa shape index (κ2) is 6.62. The second-order valence-corrected chi connectivity index (χ2v) is 6.55. The molecule has 1 saturated carbocycles. The predicted octanol–water partition coefficient (Wildman–Crippen LogP) is 4.32. The molecule has 2 aliphatic rings. The molecule has 2 nitrogen and oxygen atoms in total. The highest BCUT2D eigenvalue weighted by Gasteiger charge is 2.27. The van der Waals surface area contributed by atoms with E-state index in [1.165, 1.54) is 44.1 Å². The first-order valence-electron chi connectivity index (χ1n) is 8.29. The molecule has 0 aromatic heterocycles. The van der Waals surface area contributed by atoms with Crippen LogP contribution in [0.3, 0.4) is 0 Å². The van der Waals surface area contributed by atoms with Gasteiger partial charge in [0.05, 0.1) is 6.61 Å². The molecule has 2 heteroatoms. The van der Waals surface area contributed by atoms with Crippen LogP contribution in [0.25, 0.3) is 0 Å². The fraction of sp³-hybridized carbons (Fsp3) is 0.667. The molecule has 110 valence electrons. The molecule has 0 saturated heterocycles. The highest BCUT2D eigenvalue weighted by molar-refractivity contribution is 5.37. The summed E-state index contributed by atoms with van der Waals surface area (Å²) >= 11 is 0. The normalized spacial score (nSPS) is 26.9. The summed E-state index contributed by atoms with van der Waals surface area (Å²) in [5.74, 6) is 2.58. The van der Waals surface area contributed by atoms with E-state index in [1.807, 2.05) is 0 Å². The van der Waals surface area contributed by atoms with Crippen molar-refractivity contribution in [1.29, 1.82) is 0 Å². The van der Waals surface area contributed by atoms with Crippen LogP contribution in [-0.2, 0) is 0 Å². The summed E-state index contributed by atoms with van der Waals surface area (Å²) in [5, 5.41) is 3.79. The van der Waals surface area contributed by atoms with Gasteiger partial charge in [-0.1, -0.05) is 57.2 Å². The summed E-state index contributed by atoms with van der Waals surface area (Å²) in [6, 6.07) is 8.95. The lowest BCUT2D eigenvalue weighted by Gasteiger charge is -2.33. The van der Waals surface area contributed by atoms with Gasteiger partial charge >= 0.3 is 0 Å². The van der Waals surface area contributed by atoms with Crippen molar-refractivity contribution in [3.63, 3.8) is 0 Å². The summed E-state index contributed by atoms with van der Waals surface area (Å²) in [7, 11) is 0. The fourth-order valence-electron chi connectivity index (χ4n) is 3.72. The molecule has 3 rings (SSSR count). The standard InChI is InChI=1S/C18H27NO/c1-14-13-20-17-10-6-5-9-16(17)18(14)19-12-11-15-7-3-2-4-8-15/h5-6,9-10,14-15,18-19H,2-4,7-8,11-13H2,1H3. The summed E-state index contributed by atoms with van der Waals surface area (Å²) < 4.78 is 5.82. The quantitative estimate of drug-likeness (QED) is 0.882. The van der Waals surface area contributed by atoms with E-state index in [0.717, 1.165) is 24.8 Å². The highest BCUT2D eigenvalue weighted by atomic mass is 16.5. The molecular formula is C18H27NO. The van der Waals surface area contributed by atoms with Crippen LogP contribution in [0.5, 0.6) is 5.75 Å². The van der Waals surface area contributed by atoms with E-state index in [2.05, 4.69) is 36.5 Å². The highest BCUT2D eigenvalue weighted by Crippen LogP contribution is 2.35. The first-order chi connectivity index (χ1) is 9.84. The van der Waals surface area contributed by atoms with Crippen molar-refractivity contribution >= 4 is 0 Å². The van der Waals surface area contributed by atoms with E-state index in [4.69, 9.17) is 4.74 Å². The van der Waals surface area contributed by atoms with Gasteiger partial charge in [0.25, 0.3) is 0 Å². The summed E-state index contributed by atoms with van der Waals surface area (Å²) in [6.07, 6.45) is 8.58. The number of hydrogen-bond acceptors (Lipinski definition) is 2. The smallest absolute Gasteiger partial charge is 0.124 e. The molecule has 2 atom stereocenters. The zero-order valence-corrected chi connectivity index (χ0v) is 12.6. The molecule has 1 heterocycles. The average molecular weight is 273 g/mol. The average Bonchev–Trinajstić information content (AvgIpc) is 2.50. The van der Waals surface area contributed by atoms with Gasteiger partial charge in [0.15, 0.2) is 0 Å². The maximum absolute atomic E-state index is 5.82. The fourth-order valence-corrected chi connectivity index (χ4v) is 3.72. The Kier molecular flexibility index (Phi) is 4.62. The maximum Gasteiger partial charge on any atom is 0.124 e. The van der Waals surface area contributed by atoms with Crippen molar-refractivity contribution < 1.29 is 4.74 Å². The number of nitrogens with one attached hydrogen (secondary N) is 1. The molecular weight excluding hydrogens is 246 g/mol. The van der Waals surface area contributed by atoms with Crippen molar-refractivity contribution in [3.05, 3.63) is 29.8 Å². The largest absolute Gasteiger partial charge is 0.493 e. The Morgan fingerprint density at radius 1 is 1.15 bits per heavy atom. The second-order valence-electron chi connectivity index (χ2n) is 6.55. The Hall–Kier alpha value is -1.02. The zero-order valence-electron chi connectivity index (χ0n) is 12.6. The summed E-state index contributed by atoms with van der Waals surface area (Å²) in [6.45, 7) is 4.26. The third-order valence-electron chi connectivity index (χ3n) is 4.97. The molecule has 1 aliphatic heterocycles. The Balaban J connectivity index is 1.56. The van der Waals surface area contributed by atoms with Crippen LogP contribution < -0.4 is 10.1 Å². The molecule has 1 aromatic rings. The van der Waals surface area contributed by atoms with Crippen LogP contribution in [0.15, 0.2) is 24.3 Å². The zero-order chi connectivity index (χ0) is 13.8. The summed E-state index contributed by atoms with van der Waals surface area (Å²) in [4.78, 5) is 0. The lowest BCUT2D eigenvalue weighted by atomic mass is 9.86. The third kappa shape index (κ3) is 3.17. The monoisotopic (exact) mass is 273 g/mol. The number of para-hydroxylation sites is 1. The molecule has 2 unspecified atom stereocenters. The number of hydrogen-bond donors (Lipinski definition) is 1. The van der Waals surface area contributed by atoms with E-state index in [1.54, 1.807) is 0 Å². The Morgan fingerprint density at radius 3 is 2.80 bits per heavy atom. The Morgan fingerprint density at radius 2 is 1.95 bits per heavy atom. The lowest BCUT2D eigenvalue weighted by molar-refractivity contribution is 0.186. The van der Waals surface area contributed by atoms with Gasteiger partial charge in [-0.05, 0) is 24.9 Å². The van der Waals surface area contributed by atoms with Crippen molar-refractivity contribution in [1.82, 2.24) is 5.32 Å². The van der Waals surface area contributed by atoms with Gasteiger partial charge in [-0.25, -0.2) is 0 Å². The number of rotatable bonds is 4. The van der Waals surface area contributed by atoms with Crippen LogP contribution in [0.2, 0.25) is 0 Å². The molecule has 0 amide bonds. The first kappa shape index (κ1) is 13.9. The molecule has 0 bridgehead atoms. The summed E-state index contributed by atoms with van der Waals surface area (Å²) in [5.41, 5.74) is 1.34. The minimum Gasteiger partial charge on any atom is -0.493 e. The van der Waals surface area contributed by atoms with E-state index in [0.29, 0.717) is 12.0 Å². The molecule has 0 radical (unpaired) electrons. The van der Waals surface area contributed by atoms with Crippen LogP contribution >= 0.6 is 0 Å². The minimum absolute atomic E-state index is 0.462. The molecule has 1 aromatic carbocycles. The first-order valence-corrected chi connectivity index (χ1v) is 8.29. The van der Waals surface area contributed by atoms with Gasteiger partial charge in [-0.2, -0.15) is 0 Å². The van der Waals surface area contributed by atoms with E-state index in [9.17, 15) is 0 Å². The van der Waals surface area contributed by atoms with E-state index >= 15 is 0 Å². The van der Waals surface area contributed by atoms with Gasteiger partial charge < -0.3 is 10.1 Å². The molecule has 0 spiro atoms. The van der Waals surface area contributed by atoms with Gasteiger partial charge in [0, 0.05) is 17.5 Å². The van der Waals surface area contributed by atoms with E-state index in [-0.39, 0.29) is 0 Å². The van der Waals surface area contributed by atoms with Gasteiger partial charge in [0.1, 0.15) is 5.75 Å². The Bertz CT molecular complexity index is 425. The third-order valence-corrected chi connectivity index (χ3v) is 4.97. The molecule has 20 heavy (non-hydrogen) atoms. The van der Waals surface area contributed by atoms with Crippen LogP contribution in [0, 0.1) is 11.8 Å². The van der Waals surface area contributed by atoms with Gasteiger partial charge in [0.2, 0.25) is 0 Å². The molecule has 1 N–H and O–H groups in total. The van der Waals surface area contributed by atoms with Crippen molar-refractivity contribution in [2.24, 2.45) is 11.8 Å².